The van der Waals surface area contributed by atoms with Crippen LogP contribution < -0.4 is 16.6 Å². The van der Waals surface area contributed by atoms with Gasteiger partial charge in [0.1, 0.15) is 0 Å². The molecule has 130 valence electrons. The van der Waals surface area contributed by atoms with Crippen LogP contribution in [0.25, 0.3) is 10.9 Å². The second kappa shape index (κ2) is 5.81. The molecule has 1 aromatic carbocycles. The van der Waals surface area contributed by atoms with Gasteiger partial charge in [-0.15, -0.1) is 0 Å². The Hall–Kier alpha value is -2.02. The minimum atomic E-state index is -2.67. The molecule has 5 nitrogen and oxygen atoms in total. The second-order valence-electron chi connectivity index (χ2n) is 6.51. The third-order valence-corrected chi connectivity index (χ3v) is 5.37. The molecule has 3 rings (SSSR count). The highest BCUT2D eigenvalue weighted by molar-refractivity contribution is 5.82. The van der Waals surface area contributed by atoms with Crippen LogP contribution >= 0.6 is 0 Å². The Balaban J connectivity index is 1.98. The summed E-state index contributed by atoms with van der Waals surface area (Å²) in [5.41, 5.74) is 5.72. The summed E-state index contributed by atoms with van der Waals surface area (Å²) in [5, 5.41) is 3.45. The van der Waals surface area contributed by atoms with E-state index in [9.17, 15) is 13.6 Å². The molecule has 24 heavy (non-hydrogen) atoms. The van der Waals surface area contributed by atoms with Crippen LogP contribution in [-0.2, 0) is 13.6 Å². The van der Waals surface area contributed by atoms with Gasteiger partial charge >= 0.3 is 0 Å². The molecule has 0 radical (unpaired) electrons. The highest BCUT2D eigenvalue weighted by Crippen LogP contribution is 2.55. The molecule has 0 saturated heterocycles. The minimum absolute atomic E-state index is 0.0794. The molecule has 3 N–H and O–H groups in total. The number of nitrogens with two attached hydrogens (primary N) is 1. The molecule has 1 aromatic heterocycles. The molecule has 1 unspecified atom stereocenters. The minimum Gasteiger partial charge on any atom is -0.355 e. The first-order valence-corrected chi connectivity index (χ1v) is 8.15. The maximum atomic E-state index is 14.0. The Bertz CT molecular complexity index is 829. The van der Waals surface area contributed by atoms with Crippen LogP contribution in [0.5, 0.6) is 0 Å². The average Bonchev–Trinajstić information content (AvgIpc) is 2.58. The van der Waals surface area contributed by atoms with Crippen molar-refractivity contribution in [2.24, 2.45) is 18.2 Å². The fourth-order valence-electron chi connectivity index (χ4n) is 3.37. The number of anilines is 1. The predicted molar refractivity (Wildman–Crippen MR) is 90.3 cm³/mol. The number of halogens is 2. The molecule has 7 heteroatoms. The van der Waals surface area contributed by atoms with Gasteiger partial charge in [-0.2, -0.15) is 0 Å². The van der Waals surface area contributed by atoms with Crippen molar-refractivity contribution in [3.05, 3.63) is 34.1 Å². The Morgan fingerprint density at radius 1 is 1.38 bits per heavy atom. The zero-order valence-electron chi connectivity index (χ0n) is 13.9. The van der Waals surface area contributed by atoms with Gasteiger partial charge in [-0.1, -0.05) is 19.1 Å². The van der Waals surface area contributed by atoms with Gasteiger partial charge in [0.15, 0.2) is 0 Å². The maximum Gasteiger partial charge on any atom is 0.262 e. The number of hydrogen-bond acceptors (Lipinski definition) is 4. The fraction of sp³-hybridized carbons (Fsp3) is 0.529. The van der Waals surface area contributed by atoms with Crippen molar-refractivity contribution < 1.29 is 8.78 Å². The summed E-state index contributed by atoms with van der Waals surface area (Å²) in [6.07, 6.45) is 0.769. The summed E-state index contributed by atoms with van der Waals surface area (Å²) >= 11 is 0. The van der Waals surface area contributed by atoms with E-state index in [1.807, 2.05) is 6.07 Å². The zero-order valence-corrected chi connectivity index (χ0v) is 13.9. The van der Waals surface area contributed by atoms with Crippen molar-refractivity contribution in [1.29, 1.82) is 0 Å². The Morgan fingerprint density at radius 3 is 2.67 bits per heavy atom. The van der Waals surface area contributed by atoms with E-state index in [1.54, 1.807) is 26.1 Å². The number of benzene rings is 1. The van der Waals surface area contributed by atoms with Crippen LogP contribution in [0.15, 0.2) is 23.0 Å². The van der Waals surface area contributed by atoms with Crippen LogP contribution in [0.2, 0.25) is 0 Å². The summed E-state index contributed by atoms with van der Waals surface area (Å²) in [5.74, 6) is -2.38. The number of aromatic nitrogens is 2. The van der Waals surface area contributed by atoms with Crippen LogP contribution in [0.1, 0.15) is 31.7 Å². The SMILES string of the molecule is CCC1(CNc2nc3c(CN)cccc3c(=O)n2C)CCC1(F)F. The Morgan fingerprint density at radius 2 is 2.12 bits per heavy atom. The first-order chi connectivity index (χ1) is 11.3. The molecule has 1 atom stereocenters. The summed E-state index contributed by atoms with van der Waals surface area (Å²) in [7, 11) is 1.59. The molecular weight excluding hydrogens is 314 g/mol. The monoisotopic (exact) mass is 336 g/mol. The number of alkyl halides is 2. The molecule has 0 spiro atoms. The van der Waals surface area contributed by atoms with Crippen LogP contribution in [-0.4, -0.2) is 22.0 Å². The van der Waals surface area contributed by atoms with Gasteiger partial charge in [0.2, 0.25) is 5.95 Å². The van der Waals surface area contributed by atoms with Crippen molar-refractivity contribution in [1.82, 2.24) is 9.55 Å². The summed E-state index contributed by atoms with van der Waals surface area (Å²) in [6.45, 7) is 2.12. The fourth-order valence-corrected chi connectivity index (χ4v) is 3.37. The van der Waals surface area contributed by atoms with Crippen LogP contribution in [0.3, 0.4) is 0 Å². The van der Waals surface area contributed by atoms with Crippen molar-refractivity contribution in [2.75, 3.05) is 11.9 Å². The van der Waals surface area contributed by atoms with Gasteiger partial charge in [-0.25, -0.2) is 13.8 Å². The highest BCUT2D eigenvalue weighted by atomic mass is 19.3. The van der Waals surface area contributed by atoms with Crippen molar-refractivity contribution >= 4 is 16.9 Å². The van der Waals surface area contributed by atoms with Crippen LogP contribution in [0.4, 0.5) is 14.7 Å². The van der Waals surface area contributed by atoms with Gasteiger partial charge in [0, 0.05) is 26.6 Å². The Kier molecular flexibility index (Phi) is 4.07. The zero-order chi connectivity index (χ0) is 17.5. The van der Waals surface area contributed by atoms with E-state index in [1.165, 1.54) is 4.57 Å². The highest BCUT2D eigenvalue weighted by Gasteiger charge is 2.60. The van der Waals surface area contributed by atoms with Gasteiger partial charge in [0.05, 0.1) is 16.3 Å². The first-order valence-electron chi connectivity index (χ1n) is 8.15. The van der Waals surface area contributed by atoms with Gasteiger partial charge in [0.25, 0.3) is 11.5 Å². The summed E-state index contributed by atoms with van der Waals surface area (Å²) in [6, 6.07) is 5.27. The number of para-hydroxylation sites is 1. The molecule has 0 amide bonds. The molecule has 0 aliphatic heterocycles. The lowest BCUT2D eigenvalue weighted by Gasteiger charge is -2.49. The molecule has 1 saturated carbocycles. The molecule has 1 aliphatic carbocycles. The molecule has 2 aromatic rings. The third kappa shape index (κ3) is 2.38. The lowest BCUT2D eigenvalue weighted by molar-refractivity contribution is -0.196. The second-order valence-corrected chi connectivity index (χ2v) is 6.51. The normalized spacial score (nSPS) is 22.4. The lowest BCUT2D eigenvalue weighted by atomic mass is 9.63. The quantitative estimate of drug-likeness (QED) is 0.880. The molecule has 1 heterocycles. The summed E-state index contributed by atoms with van der Waals surface area (Å²) in [4.78, 5) is 17.0. The molecule has 1 aliphatic rings. The standard InChI is InChI=1S/C17H22F2N4O/c1-3-16(7-8-17(16,18)19)10-21-15-22-13-11(9-20)5-4-6-12(13)14(24)23(15)2/h4-6H,3,7-10,20H2,1-2H3,(H,21,22). The Labute approximate surface area is 138 Å². The number of hydrogen-bond donors (Lipinski definition) is 2. The van der Waals surface area contributed by atoms with Gasteiger partial charge < -0.3 is 11.1 Å². The number of nitrogens with one attached hydrogen (secondary N) is 1. The van der Waals surface area contributed by atoms with Crippen LogP contribution in [0, 0.1) is 5.41 Å². The smallest absolute Gasteiger partial charge is 0.262 e. The predicted octanol–water partition coefficient (Wildman–Crippen LogP) is 2.63. The van der Waals surface area contributed by atoms with E-state index in [2.05, 4.69) is 10.3 Å². The molecule has 0 bridgehead atoms. The van der Waals surface area contributed by atoms with Crippen molar-refractivity contribution in [2.45, 2.75) is 38.7 Å². The van der Waals surface area contributed by atoms with E-state index < -0.39 is 11.3 Å². The third-order valence-electron chi connectivity index (χ3n) is 5.37. The van der Waals surface area contributed by atoms with Crippen molar-refractivity contribution in [3.8, 4) is 0 Å². The number of fused-ring (bicyclic) bond motifs is 1. The molecule has 1 fully saturated rings. The first kappa shape index (κ1) is 16.8. The van der Waals surface area contributed by atoms with E-state index in [-0.39, 0.29) is 25.1 Å². The lowest BCUT2D eigenvalue weighted by Crippen LogP contribution is -2.54. The van der Waals surface area contributed by atoms with Crippen molar-refractivity contribution in [3.63, 3.8) is 0 Å². The number of nitrogens with zero attached hydrogens (tertiary/aromatic N) is 2. The maximum absolute atomic E-state index is 14.0. The van der Waals surface area contributed by atoms with E-state index in [0.29, 0.717) is 29.7 Å². The van der Waals surface area contributed by atoms with E-state index in [4.69, 9.17) is 5.73 Å². The largest absolute Gasteiger partial charge is 0.355 e. The molecular formula is C17H22F2N4O. The topological polar surface area (TPSA) is 72.9 Å². The van der Waals surface area contributed by atoms with Gasteiger partial charge in [-0.05, 0) is 24.5 Å². The summed E-state index contributed by atoms with van der Waals surface area (Å²) < 4.78 is 29.3. The number of rotatable bonds is 5. The van der Waals surface area contributed by atoms with E-state index in [0.717, 1.165) is 5.56 Å². The van der Waals surface area contributed by atoms with E-state index >= 15 is 0 Å². The average molecular weight is 336 g/mol. The van der Waals surface area contributed by atoms with Gasteiger partial charge in [-0.3, -0.25) is 9.36 Å².